The third-order valence-corrected chi connectivity index (χ3v) is 5.55. The molecule has 1 N–H and O–H groups in total. The molecule has 5 rings (SSSR count). The maximum absolute atomic E-state index is 14.4. The van der Waals surface area contributed by atoms with Crippen molar-refractivity contribution in [1.82, 2.24) is 25.2 Å². The van der Waals surface area contributed by atoms with Gasteiger partial charge in [-0.3, -0.25) is 9.78 Å². The predicted octanol–water partition coefficient (Wildman–Crippen LogP) is 2.24. The number of nitrogens with one attached hydrogen (secondary N) is 1. The van der Waals surface area contributed by atoms with Gasteiger partial charge in [0.1, 0.15) is 29.2 Å². The third-order valence-electron chi connectivity index (χ3n) is 5.55. The number of rotatable bonds is 3. The molecule has 1 aromatic carbocycles. The van der Waals surface area contributed by atoms with Gasteiger partial charge in [0.15, 0.2) is 6.17 Å². The number of carbonyl (C=O) groups is 1. The van der Waals surface area contributed by atoms with E-state index in [1.807, 2.05) is 4.90 Å². The first kappa shape index (κ1) is 19.3. The number of amides is 1. The number of aliphatic imine (C=N–C) groups is 1. The number of carbonyl (C=O) groups excluding carboxylic acids is 1. The average molecular weight is 423 g/mol. The van der Waals surface area contributed by atoms with E-state index in [0.717, 1.165) is 18.6 Å². The number of hydrazone groups is 1. The van der Waals surface area contributed by atoms with E-state index in [2.05, 4.69) is 20.4 Å². The van der Waals surface area contributed by atoms with Crippen LogP contribution in [0.1, 0.15) is 34.9 Å². The largest absolute Gasteiger partial charge is 0.350 e. The zero-order chi connectivity index (χ0) is 21.4. The van der Waals surface area contributed by atoms with E-state index in [-0.39, 0.29) is 17.6 Å². The second-order valence-corrected chi connectivity index (χ2v) is 7.47. The van der Waals surface area contributed by atoms with Crippen molar-refractivity contribution in [2.75, 3.05) is 6.54 Å². The molecule has 0 saturated carbocycles. The number of likely N-dealkylation sites (tertiary alicyclic amines) is 1. The number of aromatic nitrogens is 2. The Morgan fingerprint density at radius 1 is 1.23 bits per heavy atom. The van der Waals surface area contributed by atoms with Crippen LogP contribution in [0.3, 0.4) is 0 Å². The number of nitrogens with zero attached hydrogens (tertiary/aromatic N) is 6. The SMILES string of the molecule is O=C(NC1C=NN2C=CC(N3CCC[C@@H]3c3cc(F)ccc3F)=NC12)c1cnccn1. The number of hydrogen-bond acceptors (Lipinski definition) is 7. The first-order valence-corrected chi connectivity index (χ1v) is 9.97. The molecule has 2 aromatic rings. The van der Waals surface area contributed by atoms with Crippen molar-refractivity contribution in [3.05, 3.63) is 72.0 Å². The molecule has 1 amide bonds. The molecule has 0 radical (unpaired) electrons. The summed E-state index contributed by atoms with van der Waals surface area (Å²) in [5.74, 6) is -0.625. The summed E-state index contributed by atoms with van der Waals surface area (Å²) >= 11 is 0. The van der Waals surface area contributed by atoms with E-state index in [0.29, 0.717) is 24.4 Å². The van der Waals surface area contributed by atoms with Crippen LogP contribution in [0.4, 0.5) is 8.78 Å². The highest BCUT2D eigenvalue weighted by atomic mass is 19.1. The second kappa shape index (κ2) is 7.86. The lowest BCUT2D eigenvalue weighted by atomic mass is 10.0. The topological polar surface area (TPSA) is 86.1 Å². The van der Waals surface area contributed by atoms with Gasteiger partial charge in [0.25, 0.3) is 5.91 Å². The van der Waals surface area contributed by atoms with Gasteiger partial charge in [-0.15, -0.1) is 0 Å². The molecule has 158 valence electrons. The quantitative estimate of drug-likeness (QED) is 0.819. The molecule has 1 aromatic heterocycles. The zero-order valence-corrected chi connectivity index (χ0v) is 16.4. The third kappa shape index (κ3) is 3.65. The van der Waals surface area contributed by atoms with E-state index >= 15 is 0 Å². The molecule has 4 heterocycles. The minimum Gasteiger partial charge on any atom is -0.350 e. The van der Waals surface area contributed by atoms with Gasteiger partial charge in [0, 0.05) is 30.7 Å². The molecule has 1 saturated heterocycles. The molecule has 0 aliphatic carbocycles. The van der Waals surface area contributed by atoms with E-state index in [1.165, 1.54) is 24.7 Å². The Hall–Kier alpha value is -3.69. The number of amidine groups is 1. The number of hydrogen-bond donors (Lipinski definition) is 1. The molecule has 2 unspecified atom stereocenters. The summed E-state index contributed by atoms with van der Waals surface area (Å²) in [6.07, 6.45) is 10.6. The summed E-state index contributed by atoms with van der Waals surface area (Å²) in [5.41, 5.74) is 0.525. The van der Waals surface area contributed by atoms with E-state index in [4.69, 9.17) is 4.99 Å². The lowest BCUT2D eigenvalue weighted by Crippen LogP contribution is -2.47. The van der Waals surface area contributed by atoms with Crippen LogP contribution in [0.15, 0.2) is 59.2 Å². The first-order chi connectivity index (χ1) is 15.1. The molecule has 3 aliphatic heterocycles. The Kier molecular flexibility index (Phi) is 4.89. The average Bonchev–Trinajstić information content (AvgIpc) is 3.43. The zero-order valence-electron chi connectivity index (χ0n) is 16.4. The summed E-state index contributed by atoms with van der Waals surface area (Å²) in [6, 6.07) is 2.75. The molecule has 0 spiro atoms. The summed E-state index contributed by atoms with van der Waals surface area (Å²) in [5, 5.41) is 8.80. The lowest BCUT2D eigenvalue weighted by molar-refractivity contribution is 0.0930. The van der Waals surface area contributed by atoms with Gasteiger partial charge in [-0.2, -0.15) is 5.10 Å². The van der Waals surface area contributed by atoms with E-state index < -0.39 is 23.8 Å². The van der Waals surface area contributed by atoms with Crippen molar-refractivity contribution in [3.63, 3.8) is 0 Å². The fourth-order valence-corrected chi connectivity index (χ4v) is 4.10. The number of halogens is 2. The van der Waals surface area contributed by atoms with Crippen LogP contribution in [0.25, 0.3) is 0 Å². The number of benzene rings is 1. The Morgan fingerprint density at radius 2 is 2.13 bits per heavy atom. The van der Waals surface area contributed by atoms with Gasteiger partial charge in [-0.1, -0.05) is 0 Å². The van der Waals surface area contributed by atoms with Gasteiger partial charge >= 0.3 is 0 Å². The monoisotopic (exact) mass is 423 g/mol. The molecule has 3 aliphatic rings. The molecule has 1 fully saturated rings. The van der Waals surface area contributed by atoms with Crippen LogP contribution in [-0.2, 0) is 0 Å². The van der Waals surface area contributed by atoms with Gasteiger partial charge in [0.2, 0.25) is 0 Å². The van der Waals surface area contributed by atoms with Gasteiger partial charge in [-0.05, 0) is 37.1 Å². The van der Waals surface area contributed by atoms with Gasteiger partial charge < -0.3 is 10.2 Å². The van der Waals surface area contributed by atoms with Gasteiger partial charge in [-0.25, -0.2) is 23.8 Å². The van der Waals surface area contributed by atoms with E-state index in [9.17, 15) is 13.6 Å². The van der Waals surface area contributed by atoms with Crippen molar-refractivity contribution in [1.29, 1.82) is 0 Å². The van der Waals surface area contributed by atoms with Crippen LogP contribution in [0.5, 0.6) is 0 Å². The fraction of sp³-hybridized carbons (Fsp3) is 0.286. The van der Waals surface area contributed by atoms with Crippen molar-refractivity contribution < 1.29 is 13.6 Å². The Balaban J connectivity index is 1.37. The minimum absolute atomic E-state index is 0.200. The predicted molar refractivity (Wildman–Crippen MR) is 109 cm³/mol. The highest BCUT2D eigenvalue weighted by Crippen LogP contribution is 2.35. The van der Waals surface area contributed by atoms with Crippen LogP contribution < -0.4 is 5.32 Å². The summed E-state index contributed by atoms with van der Waals surface area (Å²) in [4.78, 5) is 27.1. The summed E-state index contributed by atoms with van der Waals surface area (Å²) in [7, 11) is 0. The molecule has 0 bridgehead atoms. The lowest BCUT2D eigenvalue weighted by Gasteiger charge is -2.32. The number of fused-ring (bicyclic) bond motifs is 1. The highest BCUT2D eigenvalue weighted by Gasteiger charge is 2.37. The standard InChI is InChI=1S/C21H19F2N7O/c22-13-3-4-15(23)14(10-13)18-2-1-8-29(18)19-5-9-30-20(28-19)16(12-26-30)27-21(31)17-11-24-6-7-25-17/h3-7,9-12,16,18,20H,1-2,8H2,(H,27,31)/t16?,18-,20?/m1/s1. The van der Waals surface area contributed by atoms with Crippen molar-refractivity contribution in [3.8, 4) is 0 Å². The minimum atomic E-state index is -0.473. The van der Waals surface area contributed by atoms with E-state index in [1.54, 1.807) is 23.5 Å². The van der Waals surface area contributed by atoms with Crippen LogP contribution in [0, 0.1) is 11.6 Å². The van der Waals surface area contributed by atoms with Crippen LogP contribution in [0.2, 0.25) is 0 Å². The molecule has 10 heteroatoms. The molecular weight excluding hydrogens is 404 g/mol. The summed E-state index contributed by atoms with van der Waals surface area (Å²) < 4.78 is 28.2. The highest BCUT2D eigenvalue weighted by molar-refractivity contribution is 5.96. The molecule has 8 nitrogen and oxygen atoms in total. The van der Waals surface area contributed by atoms with Crippen molar-refractivity contribution >= 4 is 18.0 Å². The maximum atomic E-state index is 14.4. The fourth-order valence-electron chi connectivity index (χ4n) is 4.10. The van der Waals surface area contributed by atoms with Crippen LogP contribution in [-0.4, -0.2) is 56.6 Å². The molecule has 3 atom stereocenters. The first-order valence-electron chi connectivity index (χ1n) is 9.97. The Labute approximate surface area is 177 Å². The smallest absolute Gasteiger partial charge is 0.272 e. The molecular formula is C21H19F2N7O. The maximum Gasteiger partial charge on any atom is 0.272 e. The normalized spacial score (nSPS) is 24.3. The Morgan fingerprint density at radius 3 is 2.97 bits per heavy atom. The Bertz CT molecular complexity index is 1090. The van der Waals surface area contributed by atoms with Gasteiger partial charge in [0.05, 0.1) is 18.5 Å². The second-order valence-electron chi connectivity index (χ2n) is 7.47. The molecule has 31 heavy (non-hydrogen) atoms. The van der Waals surface area contributed by atoms with Crippen LogP contribution >= 0.6 is 0 Å². The summed E-state index contributed by atoms with van der Waals surface area (Å²) in [6.45, 7) is 0.675. The van der Waals surface area contributed by atoms with Crippen molar-refractivity contribution in [2.45, 2.75) is 31.1 Å². The van der Waals surface area contributed by atoms with Crippen molar-refractivity contribution in [2.24, 2.45) is 10.1 Å².